The molecule has 0 aliphatic rings. The molecule has 2 N–H and O–H groups in total. The SMILES string of the molecule is CON(C)C(=O)[C@H](CCCCNC(=O)OCc1ccccc1)NC(=O)OC(C)(C)C. The van der Waals surface area contributed by atoms with Crippen molar-refractivity contribution in [3.63, 3.8) is 0 Å². The fraction of sp³-hybridized carbons (Fsp3) is 0.571. The molecule has 9 nitrogen and oxygen atoms in total. The van der Waals surface area contributed by atoms with Gasteiger partial charge in [0.15, 0.2) is 0 Å². The number of ether oxygens (including phenoxy) is 2. The van der Waals surface area contributed by atoms with E-state index in [0.29, 0.717) is 25.8 Å². The highest BCUT2D eigenvalue weighted by atomic mass is 16.7. The van der Waals surface area contributed by atoms with Gasteiger partial charge in [-0.2, -0.15) is 0 Å². The number of nitrogens with zero attached hydrogens (tertiary/aromatic N) is 1. The van der Waals surface area contributed by atoms with Gasteiger partial charge < -0.3 is 20.1 Å². The number of nitrogens with one attached hydrogen (secondary N) is 2. The summed E-state index contributed by atoms with van der Waals surface area (Å²) in [6.45, 7) is 5.82. The Morgan fingerprint density at radius 3 is 2.33 bits per heavy atom. The second-order valence-corrected chi connectivity index (χ2v) is 7.70. The molecule has 1 rings (SSSR count). The number of unbranched alkanes of at least 4 members (excludes halogenated alkanes) is 1. The first-order valence-electron chi connectivity index (χ1n) is 9.88. The monoisotopic (exact) mass is 423 g/mol. The molecule has 0 bridgehead atoms. The maximum atomic E-state index is 12.4. The molecule has 0 aromatic heterocycles. The van der Waals surface area contributed by atoms with E-state index in [1.54, 1.807) is 20.8 Å². The number of carbonyl (C=O) groups excluding carboxylic acids is 3. The van der Waals surface area contributed by atoms with Crippen LogP contribution in [0.5, 0.6) is 0 Å². The van der Waals surface area contributed by atoms with E-state index >= 15 is 0 Å². The van der Waals surface area contributed by atoms with E-state index in [-0.39, 0.29) is 6.61 Å². The molecule has 3 amide bonds. The number of benzene rings is 1. The smallest absolute Gasteiger partial charge is 0.408 e. The third-order valence-corrected chi connectivity index (χ3v) is 3.97. The van der Waals surface area contributed by atoms with E-state index in [4.69, 9.17) is 14.3 Å². The minimum absolute atomic E-state index is 0.201. The maximum Gasteiger partial charge on any atom is 0.408 e. The van der Waals surface area contributed by atoms with Crippen molar-refractivity contribution >= 4 is 18.1 Å². The van der Waals surface area contributed by atoms with Crippen molar-refractivity contribution in [3.05, 3.63) is 35.9 Å². The number of hydrogen-bond acceptors (Lipinski definition) is 6. The summed E-state index contributed by atoms with van der Waals surface area (Å²) < 4.78 is 10.4. The average molecular weight is 424 g/mol. The third-order valence-electron chi connectivity index (χ3n) is 3.97. The minimum Gasteiger partial charge on any atom is -0.445 e. The standard InChI is InChI=1S/C21H33N3O6/c1-21(2,3)30-20(27)23-17(18(25)24(4)28-5)13-9-10-14-22-19(26)29-15-16-11-7-6-8-12-16/h6-8,11-12,17H,9-10,13-15H2,1-5H3,(H,22,26)(H,23,27)/t17-/m0/s1. The highest BCUT2D eigenvalue weighted by molar-refractivity contribution is 5.84. The first-order valence-corrected chi connectivity index (χ1v) is 9.88. The van der Waals surface area contributed by atoms with Gasteiger partial charge in [0.25, 0.3) is 5.91 Å². The fourth-order valence-electron chi connectivity index (χ4n) is 2.45. The molecule has 1 aromatic rings. The summed E-state index contributed by atoms with van der Waals surface area (Å²) in [7, 11) is 2.84. The Bertz CT molecular complexity index is 675. The molecule has 0 heterocycles. The molecule has 0 aliphatic heterocycles. The summed E-state index contributed by atoms with van der Waals surface area (Å²) in [6, 6.07) is 8.60. The lowest BCUT2D eigenvalue weighted by atomic mass is 10.1. The molecular weight excluding hydrogens is 390 g/mol. The van der Waals surface area contributed by atoms with Gasteiger partial charge in [-0.3, -0.25) is 9.63 Å². The summed E-state index contributed by atoms with van der Waals surface area (Å²) in [5.74, 6) is -0.390. The summed E-state index contributed by atoms with van der Waals surface area (Å²) in [5.41, 5.74) is 0.235. The summed E-state index contributed by atoms with van der Waals surface area (Å²) in [5, 5.41) is 6.31. The molecule has 0 radical (unpaired) electrons. The van der Waals surface area contributed by atoms with Gasteiger partial charge in [-0.25, -0.2) is 14.7 Å². The van der Waals surface area contributed by atoms with Crippen LogP contribution in [0.4, 0.5) is 9.59 Å². The van der Waals surface area contributed by atoms with Crippen LogP contribution in [0.25, 0.3) is 0 Å². The lowest BCUT2D eigenvalue weighted by molar-refractivity contribution is -0.171. The highest BCUT2D eigenvalue weighted by Gasteiger charge is 2.26. The number of amides is 3. The third kappa shape index (κ3) is 10.7. The van der Waals surface area contributed by atoms with Gasteiger partial charge in [0.05, 0.1) is 7.11 Å². The zero-order valence-corrected chi connectivity index (χ0v) is 18.4. The van der Waals surface area contributed by atoms with Gasteiger partial charge in [-0.05, 0) is 45.6 Å². The number of rotatable bonds is 10. The molecule has 0 unspecified atom stereocenters. The highest BCUT2D eigenvalue weighted by Crippen LogP contribution is 2.09. The van der Waals surface area contributed by atoms with E-state index in [2.05, 4.69) is 10.6 Å². The molecule has 0 aliphatic carbocycles. The summed E-state index contributed by atoms with van der Waals surface area (Å²) in [6.07, 6.45) is 0.386. The van der Waals surface area contributed by atoms with Crippen LogP contribution in [-0.4, -0.2) is 55.5 Å². The normalized spacial score (nSPS) is 11.9. The van der Waals surface area contributed by atoms with Crippen molar-refractivity contribution < 1.29 is 28.7 Å². The van der Waals surface area contributed by atoms with Gasteiger partial charge in [0, 0.05) is 13.6 Å². The Kier molecular flexibility index (Phi) is 10.7. The molecule has 30 heavy (non-hydrogen) atoms. The Balaban J connectivity index is 2.38. The first kappa shape index (κ1) is 25.2. The fourth-order valence-corrected chi connectivity index (χ4v) is 2.45. The predicted octanol–water partition coefficient (Wildman–Crippen LogP) is 3.00. The van der Waals surface area contributed by atoms with Crippen molar-refractivity contribution in [2.45, 2.75) is 58.3 Å². The number of alkyl carbamates (subject to hydrolysis) is 2. The number of hydrogen-bond donors (Lipinski definition) is 2. The van der Waals surface area contributed by atoms with Crippen LogP contribution in [0.2, 0.25) is 0 Å². The molecule has 9 heteroatoms. The van der Waals surface area contributed by atoms with Gasteiger partial charge in [-0.1, -0.05) is 30.3 Å². The van der Waals surface area contributed by atoms with E-state index < -0.39 is 29.7 Å². The number of hydroxylamine groups is 2. The van der Waals surface area contributed by atoms with Crippen LogP contribution < -0.4 is 10.6 Å². The Morgan fingerprint density at radius 1 is 1.07 bits per heavy atom. The number of carbonyl (C=O) groups is 3. The minimum atomic E-state index is -0.796. The zero-order chi connectivity index (χ0) is 22.6. The van der Waals surface area contributed by atoms with Crippen LogP contribution in [-0.2, 0) is 25.7 Å². The van der Waals surface area contributed by atoms with E-state index in [1.807, 2.05) is 30.3 Å². The lowest BCUT2D eigenvalue weighted by Gasteiger charge is -2.25. The molecule has 1 atom stereocenters. The van der Waals surface area contributed by atoms with E-state index in [1.165, 1.54) is 14.2 Å². The molecule has 0 saturated carbocycles. The van der Waals surface area contributed by atoms with Gasteiger partial charge in [0.2, 0.25) is 0 Å². The van der Waals surface area contributed by atoms with Crippen molar-refractivity contribution in [3.8, 4) is 0 Å². The Labute approximate surface area is 178 Å². The molecule has 0 spiro atoms. The largest absolute Gasteiger partial charge is 0.445 e. The van der Waals surface area contributed by atoms with Gasteiger partial charge in [-0.15, -0.1) is 0 Å². The molecular formula is C21H33N3O6. The molecule has 0 saturated heterocycles. The molecule has 168 valence electrons. The van der Waals surface area contributed by atoms with Crippen LogP contribution in [0.3, 0.4) is 0 Å². The van der Waals surface area contributed by atoms with Crippen molar-refractivity contribution in [1.82, 2.24) is 15.7 Å². The molecule has 0 fully saturated rings. The van der Waals surface area contributed by atoms with Crippen molar-refractivity contribution in [2.75, 3.05) is 20.7 Å². The van der Waals surface area contributed by atoms with Crippen LogP contribution in [0, 0.1) is 0 Å². The second-order valence-electron chi connectivity index (χ2n) is 7.70. The van der Waals surface area contributed by atoms with E-state index in [9.17, 15) is 14.4 Å². The Hall–Kier alpha value is -2.81. The van der Waals surface area contributed by atoms with Gasteiger partial charge >= 0.3 is 12.2 Å². The molecule has 1 aromatic carbocycles. The van der Waals surface area contributed by atoms with E-state index in [0.717, 1.165) is 10.6 Å². The van der Waals surface area contributed by atoms with Gasteiger partial charge in [0.1, 0.15) is 18.2 Å². The second kappa shape index (κ2) is 12.7. The average Bonchev–Trinajstić information content (AvgIpc) is 2.69. The lowest BCUT2D eigenvalue weighted by Crippen LogP contribution is -2.48. The summed E-state index contributed by atoms with van der Waals surface area (Å²) >= 11 is 0. The first-order chi connectivity index (χ1) is 14.1. The van der Waals surface area contributed by atoms with Crippen molar-refractivity contribution in [2.24, 2.45) is 0 Å². The Morgan fingerprint density at radius 2 is 1.73 bits per heavy atom. The number of likely N-dealkylation sites (N-methyl/N-ethyl adjacent to an activating group) is 1. The quantitative estimate of drug-likeness (QED) is 0.443. The van der Waals surface area contributed by atoms with Crippen LogP contribution in [0.15, 0.2) is 30.3 Å². The summed E-state index contributed by atoms with van der Waals surface area (Å²) in [4.78, 5) is 41.1. The van der Waals surface area contributed by atoms with Crippen LogP contribution in [0.1, 0.15) is 45.6 Å². The maximum absolute atomic E-state index is 12.4. The zero-order valence-electron chi connectivity index (χ0n) is 18.4. The van der Waals surface area contributed by atoms with Crippen LogP contribution >= 0.6 is 0 Å². The van der Waals surface area contributed by atoms with Crippen molar-refractivity contribution in [1.29, 1.82) is 0 Å². The topological polar surface area (TPSA) is 106 Å². The predicted molar refractivity (Wildman–Crippen MR) is 111 cm³/mol.